The van der Waals surface area contributed by atoms with Crippen molar-refractivity contribution in [3.8, 4) is 0 Å². The van der Waals surface area contributed by atoms with E-state index in [0.717, 1.165) is 24.1 Å². The van der Waals surface area contributed by atoms with Crippen molar-refractivity contribution in [2.75, 3.05) is 16.8 Å². The number of hydrogen-bond acceptors (Lipinski definition) is 5. The first kappa shape index (κ1) is 23.1. The van der Waals surface area contributed by atoms with Crippen LogP contribution in [0, 0.1) is 5.92 Å². The number of nitrogens with zero attached hydrogens (tertiary/aromatic N) is 1. The summed E-state index contributed by atoms with van der Waals surface area (Å²) in [6.07, 6.45) is 2.39. The van der Waals surface area contributed by atoms with Crippen LogP contribution in [0.1, 0.15) is 49.0 Å². The zero-order chi connectivity index (χ0) is 23.8. The summed E-state index contributed by atoms with van der Waals surface area (Å²) >= 11 is 0. The first-order valence-corrected chi connectivity index (χ1v) is 12.5. The quantitative estimate of drug-likeness (QED) is 0.578. The summed E-state index contributed by atoms with van der Waals surface area (Å²) in [5, 5.41) is 2.67. The number of hydrogen-bond donors (Lipinski definition) is 2. The van der Waals surface area contributed by atoms with Gasteiger partial charge in [0.1, 0.15) is 0 Å². The number of benzene rings is 2. The molecule has 2 amide bonds. The number of Topliss-reactive ketones (excluding diaryl/α,β-unsaturated/α-hetero) is 1. The van der Waals surface area contributed by atoms with Crippen LogP contribution >= 0.6 is 0 Å². The van der Waals surface area contributed by atoms with Gasteiger partial charge in [-0.05, 0) is 69.0 Å². The van der Waals surface area contributed by atoms with Gasteiger partial charge in [-0.3, -0.25) is 14.4 Å². The maximum Gasteiger partial charge on any atom is 0.240 e. The van der Waals surface area contributed by atoms with Crippen molar-refractivity contribution in [1.82, 2.24) is 4.72 Å². The number of sulfonamides is 1. The highest BCUT2D eigenvalue weighted by atomic mass is 32.2. The third-order valence-corrected chi connectivity index (χ3v) is 7.40. The van der Waals surface area contributed by atoms with E-state index in [1.165, 1.54) is 13.0 Å². The predicted molar refractivity (Wildman–Crippen MR) is 125 cm³/mol. The Morgan fingerprint density at radius 3 is 2.55 bits per heavy atom. The van der Waals surface area contributed by atoms with Gasteiger partial charge in [0.05, 0.1) is 4.90 Å². The number of carbonyl (C=O) groups is 3. The number of carbonyl (C=O) groups excluding carboxylic acids is 3. The Morgan fingerprint density at radius 2 is 1.85 bits per heavy atom. The van der Waals surface area contributed by atoms with Crippen LogP contribution in [-0.4, -0.2) is 38.6 Å². The molecule has 2 N–H and O–H groups in total. The van der Waals surface area contributed by atoms with E-state index >= 15 is 0 Å². The van der Waals surface area contributed by atoms with Gasteiger partial charge in [-0.1, -0.05) is 12.1 Å². The molecule has 1 fully saturated rings. The van der Waals surface area contributed by atoms with E-state index in [1.54, 1.807) is 41.3 Å². The van der Waals surface area contributed by atoms with Crippen LogP contribution in [0.3, 0.4) is 0 Å². The topological polar surface area (TPSA) is 113 Å². The normalized spacial score (nSPS) is 17.5. The number of nitrogens with one attached hydrogen (secondary N) is 2. The molecule has 1 atom stereocenters. The van der Waals surface area contributed by atoms with Crippen molar-refractivity contribution in [3.05, 3.63) is 53.6 Å². The molecule has 0 spiro atoms. The fraction of sp³-hybridized carbons (Fsp3) is 0.375. The van der Waals surface area contributed by atoms with Crippen LogP contribution in [0.5, 0.6) is 0 Å². The molecular formula is C24H27N3O5S. The molecule has 0 aromatic heterocycles. The highest BCUT2D eigenvalue weighted by molar-refractivity contribution is 7.89. The van der Waals surface area contributed by atoms with Crippen LogP contribution in [0.2, 0.25) is 0 Å². The molecule has 1 heterocycles. The van der Waals surface area contributed by atoms with Crippen LogP contribution in [0.25, 0.3) is 0 Å². The lowest BCUT2D eigenvalue weighted by atomic mass is 10.1. The molecule has 0 bridgehead atoms. The molecule has 8 nitrogen and oxygen atoms in total. The molecule has 2 aromatic rings. The van der Waals surface area contributed by atoms with Gasteiger partial charge in [-0.2, -0.15) is 0 Å². The van der Waals surface area contributed by atoms with E-state index in [1.807, 2.05) is 6.92 Å². The summed E-state index contributed by atoms with van der Waals surface area (Å²) in [7, 11) is -3.81. The van der Waals surface area contributed by atoms with Gasteiger partial charge in [-0.15, -0.1) is 0 Å². The fourth-order valence-electron chi connectivity index (χ4n) is 4.06. The number of ketones is 1. The second-order valence-electron chi connectivity index (χ2n) is 8.66. The molecule has 2 aliphatic rings. The largest absolute Gasteiger partial charge is 0.326 e. The van der Waals surface area contributed by atoms with Gasteiger partial charge in [0.15, 0.2) is 5.78 Å². The summed E-state index contributed by atoms with van der Waals surface area (Å²) in [6, 6.07) is 11.4. The minimum atomic E-state index is -3.81. The van der Waals surface area contributed by atoms with Gasteiger partial charge in [-0.25, -0.2) is 13.1 Å². The molecule has 1 saturated carbocycles. The molecule has 0 unspecified atom stereocenters. The standard InChI is InChI=1S/C24H27N3O5S/c1-15-12-19-14-21(8-9-22(19)27(15)24(30)17-6-7-17)33(31,32)25-11-10-23(29)26-20-5-3-4-18(13-20)16(2)28/h3-5,8-9,13-15,17,25H,6-7,10-12H2,1-2H3,(H,26,29)/t15-/m1/s1. The number of rotatable bonds is 8. The zero-order valence-electron chi connectivity index (χ0n) is 18.6. The summed E-state index contributed by atoms with van der Waals surface area (Å²) < 4.78 is 28.0. The Labute approximate surface area is 193 Å². The highest BCUT2D eigenvalue weighted by Gasteiger charge is 2.39. The summed E-state index contributed by atoms with van der Waals surface area (Å²) in [6.45, 7) is 3.34. The molecule has 0 saturated heterocycles. The Kier molecular flexibility index (Phi) is 6.36. The monoisotopic (exact) mass is 469 g/mol. The van der Waals surface area contributed by atoms with E-state index < -0.39 is 10.0 Å². The second-order valence-corrected chi connectivity index (χ2v) is 10.4. The van der Waals surface area contributed by atoms with Crippen LogP contribution in [0.15, 0.2) is 47.4 Å². The first-order valence-electron chi connectivity index (χ1n) is 11.0. The van der Waals surface area contributed by atoms with Crippen molar-refractivity contribution in [2.45, 2.75) is 50.5 Å². The lowest BCUT2D eigenvalue weighted by molar-refractivity contribution is -0.120. The van der Waals surface area contributed by atoms with Gasteiger partial charge in [0.2, 0.25) is 21.8 Å². The van der Waals surface area contributed by atoms with Gasteiger partial charge < -0.3 is 10.2 Å². The summed E-state index contributed by atoms with van der Waals surface area (Å²) in [5.74, 6) is -0.257. The molecule has 4 rings (SSSR count). The summed E-state index contributed by atoms with van der Waals surface area (Å²) in [5.41, 5.74) is 2.58. The molecule has 9 heteroatoms. The maximum atomic E-state index is 12.7. The van der Waals surface area contributed by atoms with E-state index in [4.69, 9.17) is 0 Å². The third-order valence-electron chi connectivity index (χ3n) is 5.94. The van der Waals surface area contributed by atoms with Crippen molar-refractivity contribution in [1.29, 1.82) is 0 Å². The molecule has 1 aliphatic heterocycles. The van der Waals surface area contributed by atoms with Crippen LogP contribution in [-0.2, 0) is 26.0 Å². The molecule has 0 radical (unpaired) electrons. The van der Waals surface area contributed by atoms with Crippen molar-refractivity contribution in [2.24, 2.45) is 5.92 Å². The molecule has 1 aliphatic carbocycles. The Balaban J connectivity index is 1.36. The van der Waals surface area contributed by atoms with Crippen molar-refractivity contribution >= 4 is 39.0 Å². The second kappa shape index (κ2) is 9.07. The average Bonchev–Trinajstić information content (AvgIpc) is 3.55. The van der Waals surface area contributed by atoms with E-state index in [0.29, 0.717) is 17.7 Å². The maximum absolute atomic E-state index is 12.7. The minimum absolute atomic E-state index is 0.00390. The lowest BCUT2D eigenvalue weighted by Crippen LogP contribution is -2.36. The molecule has 2 aromatic carbocycles. The van der Waals surface area contributed by atoms with E-state index in [-0.39, 0.29) is 47.4 Å². The van der Waals surface area contributed by atoms with Crippen LogP contribution in [0.4, 0.5) is 11.4 Å². The smallest absolute Gasteiger partial charge is 0.240 e. The number of amides is 2. The molecular weight excluding hydrogens is 442 g/mol. The fourth-order valence-corrected chi connectivity index (χ4v) is 5.14. The SMILES string of the molecule is CC(=O)c1cccc(NC(=O)CCNS(=O)(=O)c2ccc3c(c2)C[C@@H](C)N3C(=O)C2CC2)c1. The van der Waals surface area contributed by atoms with Crippen LogP contribution < -0.4 is 14.9 Å². The van der Waals surface area contributed by atoms with Gasteiger partial charge in [0, 0.05) is 41.9 Å². The third kappa shape index (κ3) is 5.15. The average molecular weight is 470 g/mol. The number of fused-ring (bicyclic) bond motifs is 1. The highest BCUT2D eigenvalue weighted by Crippen LogP contribution is 2.39. The zero-order valence-corrected chi connectivity index (χ0v) is 19.4. The summed E-state index contributed by atoms with van der Waals surface area (Å²) in [4.78, 5) is 38.2. The molecule has 174 valence electrons. The molecule has 33 heavy (non-hydrogen) atoms. The van der Waals surface area contributed by atoms with E-state index in [9.17, 15) is 22.8 Å². The van der Waals surface area contributed by atoms with Crippen molar-refractivity contribution < 1.29 is 22.8 Å². The Bertz CT molecular complexity index is 1220. The van der Waals surface area contributed by atoms with E-state index in [2.05, 4.69) is 10.0 Å². The minimum Gasteiger partial charge on any atom is -0.326 e. The predicted octanol–water partition coefficient (Wildman–Crippen LogP) is 2.88. The first-order chi connectivity index (χ1) is 15.7. The number of anilines is 2. The Morgan fingerprint density at radius 1 is 1.09 bits per heavy atom. The van der Waals surface area contributed by atoms with Crippen molar-refractivity contribution in [3.63, 3.8) is 0 Å². The lowest BCUT2D eigenvalue weighted by Gasteiger charge is -2.22. The van der Waals surface area contributed by atoms with Gasteiger partial charge in [0.25, 0.3) is 0 Å². The Hall–Kier alpha value is -3.04. The van der Waals surface area contributed by atoms with Gasteiger partial charge >= 0.3 is 0 Å².